The molecule has 0 atom stereocenters. The highest BCUT2D eigenvalue weighted by molar-refractivity contribution is 9.10. The molecule has 0 aliphatic carbocycles. The van der Waals surface area contributed by atoms with E-state index in [4.69, 9.17) is 21.7 Å². The van der Waals surface area contributed by atoms with E-state index >= 15 is 0 Å². The molecule has 1 fully saturated rings. The van der Waals surface area contributed by atoms with Crippen molar-refractivity contribution in [3.05, 3.63) is 28.2 Å². The molecule has 0 radical (unpaired) electrons. The van der Waals surface area contributed by atoms with Crippen LogP contribution in [-0.2, 0) is 4.74 Å². The molecule has 2 rings (SSSR count). The summed E-state index contributed by atoms with van der Waals surface area (Å²) in [5, 5.41) is 3.15. The minimum atomic E-state index is -0.278. The minimum Gasteiger partial charge on any atom is -0.496 e. The minimum absolute atomic E-state index is 0.278. The maximum Gasteiger partial charge on any atom is 0.261 e. The van der Waals surface area contributed by atoms with E-state index in [9.17, 15) is 4.79 Å². The number of nitrogens with zero attached hydrogens (tertiary/aromatic N) is 1. The molecular formula is C13H15BrN2O3S. The molecular weight excluding hydrogens is 344 g/mol. The quantitative estimate of drug-likeness (QED) is 0.817. The Hall–Kier alpha value is -1.18. The molecule has 1 aromatic rings. The van der Waals surface area contributed by atoms with Gasteiger partial charge < -0.3 is 14.4 Å². The van der Waals surface area contributed by atoms with E-state index in [1.807, 2.05) is 11.0 Å². The van der Waals surface area contributed by atoms with Gasteiger partial charge in [-0.1, -0.05) is 15.9 Å². The molecule has 0 unspecified atom stereocenters. The summed E-state index contributed by atoms with van der Waals surface area (Å²) in [4.78, 5) is 14.2. The summed E-state index contributed by atoms with van der Waals surface area (Å²) in [7, 11) is 1.53. The topological polar surface area (TPSA) is 50.8 Å². The van der Waals surface area contributed by atoms with E-state index in [1.165, 1.54) is 7.11 Å². The Balaban J connectivity index is 2.07. The van der Waals surface area contributed by atoms with Crippen molar-refractivity contribution in [1.29, 1.82) is 0 Å². The van der Waals surface area contributed by atoms with Gasteiger partial charge in [0, 0.05) is 17.6 Å². The maximum atomic E-state index is 12.3. The lowest BCUT2D eigenvalue weighted by atomic mass is 10.2. The number of ether oxygens (including phenoxy) is 2. The average Bonchev–Trinajstić information content (AvgIpc) is 2.48. The number of hydrogen-bond donors (Lipinski definition) is 1. The van der Waals surface area contributed by atoms with Crippen LogP contribution in [0.15, 0.2) is 22.7 Å². The zero-order valence-corrected chi connectivity index (χ0v) is 13.4. The number of methoxy groups -OCH3 is 1. The molecule has 1 aliphatic heterocycles. The van der Waals surface area contributed by atoms with Gasteiger partial charge in [-0.3, -0.25) is 10.1 Å². The highest BCUT2D eigenvalue weighted by atomic mass is 79.9. The van der Waals surface area contributed by atoms with Crippen LogP contribution in [0.2, 0.25) is 0 Å². The third-order valence-corrected chi connectivity index (χ3v) is 3.78. The lowest BCUT2D eigenvalue weighted by Gasteiger charge is -2.29. The molecule has 108 valence electrons. The molecule has 7 heteroatoms. The van der Waals surface area contributed by atoms with E-state index < -0.39 is 0 Å². The molecule has 1 saturated heterocycles. The van der Waals surface area contributed by atoms with Gasteiger partial charge in [-0.15, -0.1) is 0 Å². The Morgan fingerprint density at radius 3 is 2.80 bits per heavy atom. The van der Waals surface area contributed by atoms with Crippen molar-refractivity contribution in [2.75, 3.05) is 33.4 Å². The molecule has 1 heterocycles. The number of rotatable bonds is 2. The standard InChI is InChI=1S/C13H15BrN2O3S/c1-18-11-3-2-9(14)8-10(11)12(17)15-13(20)16-4-6-19-7-5-16/h2-3,8H,4-7H2,1H3,(H,15,17,20). The first kappa shape index (κ1) is 15.2. The summed E-state index contributed by atoms with van der Waals surface area (Å²) in [6, 6.07) is 5.25. The predicted octanol–water partition coefficient (Wildman–Crippen LogP) is 1.80. The number of hydrogen-bond acceptors (Lipinski definition) is 4. The van der Waals surface area contributed by atoms with Crippen LogP contribution in [0.4, 0.5) is 0 Å². The molecule has 0 spiro atoms. The lowest BCUT2D eigenvalue weighted by Crippen LogP contribution is -2.47. The average molecular weight is 359 g/mol. The highest BCUT2D eigenvalue weighted by Crippen LogP contribution is 2.22. The second-order valence-electron chi connectivity index (χ2n) is 4.20. The molecule has 1 aliphatic rings. The summed E-state index contributed by atoms with van der Waals surface area (Å²) < 4.78 is 11.2. The summed E-state index contributed by atoms with van der Waals surface area (Å²) in [5.41, 5.74) is 0.442. The molecule has 1 aromatic carbocycles. The fraction of sp³-hybridized carbons (Fsp3) is 0.385. The van der Waals surface area contributed by atoms with Gasteiger partial charge in [-0.25, -0.2) is 0 Å². The summed E-state index contributed by atoms with van der Waals surface area (Å²) in [6.07, 6.45) is 0. The van der Waals surface area contributed by atoms with Crippen LogP contribution in [0.3, 0.4) is 0 Å². The van der Waals surface area contributed by atoms with Crippen molar-refractivity contribution in [1.82, 2.24) is 10.2 Å². The number of benzene rings is 1. The van der Waals surface area contributed by atoms with Crippen LogP contribution in [0, 0.1) is 0 Å². The Morgan fingerprint density at radius 2 is 2.15 bits per heavy atom. The van der Waals surface area contributed by atoms with Crippen molar-refractivity contribution < 1.29 is 14.3 Å². The van der Waals surface area contributed by atoms with Gasteiger partial charge in [-0.2, -0.15) is 0 Å². The zero-order valence-electron chi connectivity index (χ0n) is 11.0. The van der Waals surface area contributed by atoms with Crippen LogP contribution in [0.5, 0.6) is 5.75 Å². The van der Waals surface area contributed by atoms with Crippen LogP contribution < -0.4 is 10.1 Å². The summed E-state index contributed by atoms with van der Waals surface area (Å²) >= 11 is 8.59. The zero-order chi connectivity index (χ0) is 14.5. The smallest absolute Gasteiger partial charge is 0.261 e. The first-order valence-corrected chi connectivity index (χ1v) is 7.33. The largest absolute Gasteiger partial charge is 0.496 e. The van der Waals surface area contributed by atoms with E-state index in [0.717, 1.165) is 4.47 Å². The van der Waals surface area contributed by atoms with Crippen molar-refractivity contribution in [3.63, 3.8) is 0 Å². The first-order chi connectivity index (χ1) is 9.61. The number of amides is 1. The van der Waals surface area contributed by atoms with Gasteiger partial charge in [-0.05, 0) is 30.4 Å². The number of halogens is 1. The Labute approximate surface area is 131 Å². The predicted molar refractivity (Wildman–Crippen MR) is 83.2 cm³/mol. The van der Waals surface area contributed by atoms with Crippen LogP contribution in [0.25, 0.3) is 0 Å². The van der Waals surface area contributed by atoms with Gasteiger partial charge in [0.25, 0.3) is 5.91 Å². The number of morpholine rings is 1. The van der Waals surface area contributed by atoms with Crippen molar-refractivity contribution in [3.8, 4) is 5.75 Å². The number of thiocarbonyl (C=S) groups is 1. The normalized spacial score (nSPS) is 14.8. The third-order valence-electron chi connectivity index (χ3n) is 2.92. The fourth-order valence-corrected chi connectivity index (χ4v) is 2.50. The van der Waals surface area contributed by atoms with Crippen molar-refractivity contribution >= 4 is 39.2 Å². The van der Waals surface area contributed by atoms with Gasteiger partial charge in [0.15, 0.2) is 5.11 Å². The van der Waals surface area contributed by atoms with Crippen LogP contribution in [-0.4, -0.2) is 49.3 Å². The molecule has 0 saturated carbocycles. The molecule has 5 nitrogen and oxygen atoms in total. The van der Waals surface area contributed by atoms with E-state index in [2.05, 4.69) is 21.2 Å². The number of carbonyl (C=O) groups is 1. The summed E-state index contributed by atoms with van der Waals surface area (Å²) in [5.74, 6) is 0.232. The molecule has 1 amide bonds. The van der Waals surface area contributed by atoms with Gasteiger partial charge in [0.1, 0.15) is 5.75 Å². The van der Waals surface area contributed by atoms with E-state index in [-0.39, 0.29) is 5.91 Å². The van der Waals surface area contributed by atoms with Gasteiger partial charge in [0.05, 0.1) is 25.9 Å². The Bertz CT molecular complexity index is 518. The van der Waals surface area contributed by atoms with Gasteiger partial charge >= 0.3 is 0 Å². The Morgan fingerprint density at radius 1 is 1.45 bits per heavy atom. The lowest BCUT2D eigenvalue weighted by molar-refractivity contribution is 0.0669. The third kappa shape index (κ3) is 3.68. The van der Waals surface area contributed by atoms with Crippen LogP contribution in [0.1, 0.15) is 10.4 Å². The second kappa shape index (κ2) is 7.01. The molecule has 0 bridgehead atoms. The number of nitrogens with one attached hydrogen (secondary N) is 1. The van der Waals surface area contributed by atoms with Crippen LogP contribution >= 0.6 is 28.1 Å². The maximum absolute atomic E-state index is 12.3. The molecule has 20 heavy (non-hydrogen) atoms. The highest BCUT2D eigenvalue weighted by Gasteiger charge is 2.18. The van der Waals surface area contributed by atoms with Crippen molar-refractivity contribution in [2.24, 2.45) is 0 Å². The monoisotopic (exact) mass is 358 g/mol. The van der Waals surface area contributed by atoms with Crippen molar-refractivity contribution in [2.45, 2.75) is 0 Å². The summed E-state index contributed by atoms with van der Waals surface area (Å²) in [6.45, 7) is 2.62. The SMILES string of the molecule is COc1ccc(Br)cc1C(=O)NC(=S)N1CCOCC1. The molecule has 1 N–H and O–H groups in total. The second-order valence-corrected chi connectivity index (χ2v) is 5.51. The first-order valence-electron chi connectivity index (χ1n) is 6.13. The van der Waals surface area contributed by atoms with E-state index in [0.29, 0.717) is 42.7 Å². The van der Waals surface area contributed by atoms with E-state index in [1.54, 1.807) is 12.1 Å². The number of carbonyl (C=O) groups excluding carboxylic acids is 1. The van der Waals surface area contributed by atoms with Gasteiger partial charge in [0.2, 0.25) is 0 Å². The fourth-order valence-electron chi connectivity index (χ4n) is 1.87. The molecule has 0 aromatic heterocycles. The Kier molecular flexibility index (Phi) is 5.33.